The number of rotatable bonds is 9. The fourth-order valence-corrected chi connectivity index (χ4v) is 4.96. The average Bonchev–Trinajstić information content (AvgIpc) is 3.04. The number of nitrogens with one attached hydrogen (secondary N) is 2. The van der Waals surface area contributed by atoms with Gasteiger partial charge in [0.25, 0.3) is 0 Å². The molecule has 1 saturated carbocycles. The molecule has 8 nitrogen and oxygen atoms in total. The Morgan fingerprint density at radius 1 is 1.06 bits per heavy atom. The molecule has 0 unspecified atom stereocenters. The lowest BCUT2D eigenvalue weighted by Crippen LogP contribution is -2.50. The highest BCUT2D eigenvalue weighted by Gasteiger charge is 2.28. The van der Waals surface area contributed by atoms with E-state index in [2.05, 4.69) is 10.6 Å². The van der Waals surface area contributed by atoms with Crippen LogP contribution in [0.4, 0.5) is 10.5 Å². The Hall–Kier alpha value is -2.90. The maximum atomic E-state index is 13.0. The molecule has 2 aliphatic rings. The van der Waals surface area contributed by atoms with Crippen LogP contribution < -0.4 is 15.5 Å². The van der Waals surface area contributed by atoms with Crippen molar-refractivity contribution in [2.75, 3.05) is 11.4 Å². The van der Waals surface area contributed by atoms with Crippen molar-refractivity contribution in [2.24, 2.45) is 5.92 Å². The standard InChI is InChI=1S/C25H35N3O5/c29-17-20(26-24(31)21(27-25(32)33)16-18-8-2-1-3-9-18)13-14-23(30)28-15-7-6-11-19-10-4-5-12-22(19)28/h4-5,10,12,17-18,20-21,27H,1-3,6-9,11,13-16H2,(H,26,31)(H,32,33)/t20-,21-/m0/s1. The summed E-state index contributed by atoms with van der Waals surface area (Å²) in [6, 6.07) is 6.14. The van der Waals surface area contributed by atoms with Crippen molar-refractivity contribution in [3.05, 3.63) is 29.8 Å². The Bertz CT molecular complexity index is 837. The molecule has 0 aromatic heterocycles. The van der Waals surface area contributed by atoms with Crippen LogP contribution in [-0.2, 0) is 20.8 Å². The SMILES string of the molecule is O=C[C@H](CCC(=O)N1CCCCc2ccccc21)NC(=O)[C@H](CC1CCCCC1)NC(=O)O. The minimum Gasteiger partial charge on any atom is -0.465 e. The summed E-state index contributed by atoms with van der Waals surface area (Å²) in [6.45, 7) is 0.639. The third-order valence-corrected chi connectivity index (χ3v) is 6.73. The predicted octanol–water partition coefficient (Wildman–Crippen LogP) is 3.43. The van der Waals surface area contributed by atoms with E-state index in [-0.39, 0.29) is 18.7 Å². The molecular formula is C25H35N3O5. The normalized spacial score (nSPS) is 18.4. The lowest BCUT2D eigenvalue weighted by atomic mass is 9.84. The lowest BCUT2D eigenvalue weighted by Gasteiger charge is -2.27. The van der Waals surface area contributed by atoms with Gasteiger partial charge in [0.15, 0.2) is 0 Å². The minimum absolute atomic E-state index is 0.0761. The Labute approximate surface area is 195 Å². The monoisotopic (exact) mass is 457 g/mol. The molecule has 1 aromatic carbocycles. The zero-order chi connectivity index (χ0) is 23.6. The van der Waals surface area contributed by atoms with Crippen LogP contribution in [0, 0.1) is 5.92 Å². The summed E-state index contributed by atoms with van der Waals surface area (Å²) in [6.07, 6.45) is 8.26. The number of amides is 3. The van der Waals surface area contributed by atoms with Gasteiger partial charge < -0.3 is 25.4 Å². The Kier molecular flexibility index (Phi) is 9.27. The van der Waals surface area contributed by atoms with Crippen molar-refractivity contribution in [3.63, 3.8) is 0 Å². The predicted molar refractivity (Wildman–Crippen MR) is 125 cm³/mol. The zero-order valence-corrected chi connectivity index (χ0v) is 19.1. The van der Waals surface area contributed by atoms with Crippen molar-refractivity contribution < 1.29 is 24.3 Å². The molecule has 2 atom stereocenters. The molecule has 1 aliphatic carbocycles. The number of carbonyl (C=O) groups is 4. The molecule has 3 amide bonds. The molecule has 1 heterocycles. The number of nitrogens with zero attached hydrogens (tertiary/aromatic N) is 1. The maximum absolute atomic E-state index is 13.0. The molecule has 3 N–H and O–H groups in total. The molecule has 1 aliphatic heterocycles. The lowest BCUT2D eigenvalue weighted by molar-refractivity contribution is -0.126. The van der Waals surface area contributed by atoms with Crippen LogP contribution in [0.5, 0.6) is 0 Å². The van der Waals surface area contributed by atoms with Crippen molar-refractivity contribution >= 4 is 29.9 Å². The molecule has 0 spiro atoms. The molecule has 0 radical (unpaired) electrons. The summed E-state index contributed by atoms with van der Waals surface area (Å²) >= 11 is 0. The van der Waals surface area contributed by atoms with Gasteiger partial charge in [-0.2, -0.15) is 0 Å². The average molecular weight is 458 g/mol. The van der Waals surface area contributed by atoms with Gasteiger partial charge in [-0.15, -0.1) is 0 Å². The second-order valence-corrected chi connectivity index (χ2v) is 9.16. The van der Waals surface area contributed by atoms with Gasteiger partial charge in [-0.05, 0) is 49.7 Å². The summed E-state index contributed by atoms with van der Waals surface area (Å²) in [5, 5.41) is 14.1. The van der Waals surface area contributed by atoms with Gasteiger partial charge in [0, 0.05) is 18.7 Å². The van der Waals surface area contributed by atoms with Gasteiger partial charge in [0.1, 0.15) is 12.3 Å². The summed E-state index contributed by atoms with van der Waals surface area (Å²) < 4.78 is 0. The van der Waals surface area contributed by atoms with Crippen LogP contribution in [-0.4, -0.2) is 47.9 Å². The Morgan fingerprint density at radius 2 is 1.82 bits per heavy atom. The van der Waals surface area contributed by atoms with E-state index >= 15 is 0 Å². The third kappa shape index (κ3) is 7.30. The topological polar surface area (TPSA) is 116 Å². The van der Waals surface area contributed by atoms with E-state index in [1.165, 1.54) is 6.42 Å². The van der Waals surface area contributed by atoms with Gasteiger partial charge >= 0.3 is 6.09 Å². The van der Waals surface area contributed by atoms with Crippen LogP contribution in [0.25, 0.3) is 0 Å². The molecule has 0 saturated heterocycles. The second-order valence-electron chi connectivity index (χ2n) is 9.16. The van der Waals surface area contributed by atoms with Crippen LogP contribution in [0.1, 0.15) is 69.8 Å². The highest BCUT2D eigenvalue weighted by atomic mass is 16.4. The Balaban J connectivity index is 1.57. The zero-order valence-electron chi connectivity index (χ0n) is 19.1. The highest BCUT2D eigenvalue weighted by Crippen LogP contribution is 2.28. The first-order valence-corrected chi connectivity index (χ1v) is 12.1. The first-order valence-electron chi connectivity index (χ1n) is 12.1. The highest BCUT2D eigenvalue weighted by molar-refractivity contribution is 5.94. The first-order chi connectivity index (χ1) is 16.0. The molecule has 8 heteroatoms. The minimum atomic E-state index is -1.26. The van der Waals surface area contributed by atoms with Gasteiger partial charge in [-0.25, -0.2) is 4.79 Å². The van der Waals surface area contributed by atoms with Crippen molar-refractivity contribution in [1.82, 2.24) is 10.6 Å². The number of hydrogen-bond donors (Lipinski definition) is 3. The number of hydrogen-bond acceptors (Lipinski definition) is 4. The van der Waals surface area contributed by atoms with E-state index in [1.54, 1.807) is 4.90 Å². The van der Waals surface area contributed by atoms with E-state index in [0.717, 1.165) is 56.2 Å². The second kappa shape index (κ2) is 12.4. The number of anilines is 1. The smallest absolute Gasteiger partial charge is 0.405 e. The van der Waals surface area contributed by atoms with E-state index in [1.807, 2.05) is 24.3 Å². The summed E-state index contributed by atoms with van der Waals surface area (Å²) in [5.74, 6) is -0.291. The van der Waals surface area contributed by atoms with E-state index in [4.69, 9.17) is 5.11 Å². The van der Waals surface area contributed by atoms with Gasteiger partial charge in [-0.3, -0.25) is 9.59 Å². The fraction of sp³-hybridized carbons (Fsp3) is 0.600. The summed E-state index contributed by atoms with van der Waals surface area (Å²) in [5.41, 5.74) is 2.07. The van der Waals surface area contributed by atoms with Gasteiger partial charge in [0.05, 0.1) is 6.04 Å². The maximum Gasteiger partial charge on any atom is 0.405 e. The number of aldehydes is 1. The van der Waals surface area contributed by atoms with Gasteiger partial charge in [0.2, 0.25) is 11.8 Å². The molecule has 1 aromatic rings. The number of benzene rings is 1. The molecule has 180 valence electrons. The van der Waals surface area contributed by atoms with E-state index in [9.17, 15) is 19.2 Å². The van der Waals surface area contributed by atoms with Crippen LogP contribution >= 0.6 is 0 Å². The van der Waals surface area contributed by atoms with Crippen molar-refractivity contribution in [3.8, 4) is 0 Å². The van der Waals surface area contributed by atoms with Gasteiger partial charge in [-0.1, -0.05) is 50.3 Å². The van der Waals surface area contributed by atoms with Crippen molar-refractivity contribution in [1.29, 1.82) is 0 Å². The Morgan fingerprint density at radius 3 is 2.55 bits per heavy atom. The molecule has 33 heavy (non-hydrogen) atoms. The largest absolute Gasteiger partial charge is 0.465 e. The molecule has 0 bridgehead atoms. The quantitative estimate of drug-likeness (QED) is 0.492. The third-order valence-electron chi connectivity index (χ3n) is 6.73. The number of carbonyl (C=O) groups excluding carboxylic acids is 3. The summed E-state index contributed by atoms with van der Waals surface area (Å²) in [4.78, 5) is 50.4. The molecule has 1 fully saturated rings. The van der Waals surface area contributed by atoms with Crippen LogP contribution in [0.15, 0.2) is 24.3 Å². The van der Waals surface area contributed by atoms with Crippen molar-refractivity contribution in [2.45, 2.75) is 82.7 Å². The fourth-order valence-electron chi connectivity index (χ4n) is 4.96. The number of aryl methyl sites for hydroxylation is 1. The molecular weight excluding hydrogens is 422 g/mol. The molecule has 3 rings (SSSR count). The number of para-hydroxylation sites is 1. The van der Waals surface area contributed by atoms with Crippen LogP contribution in [0.3, 0.4) is 0 Å². The van der Waals surface area contributed by atoms with E-state index < -0.39 is 24.1 Å². The number of carboxylic acid groups (broad SMARTS) is 1. The van der Waals surface area contributed by atoms with Crippen LogP contribution in [0.2, 0.25) is 0 Å². The summed E-state index contributed by atoms with van der Waals surface area (Å²) in [7, 11) is 0. The number of fused-ring (bicyclic) bond motifs is 1. The van der Waals surface area contributed by atoms with E-state index in [0.29, 0.717) is 25.2 Å². The first kappa shape index (κ1) is 24.7.